The highest BCUT2D eigenvalue weighted by Gasteiger charge is 1.97. The normalized spacial score (nSPS) is 10.2. The van der Waals surface area contributed by atoms with Gasteiger partial charge in [-0.05, 0) is 39.1 Å². The largest absolute Gasteiger partial charge is 0.307 e. The van der Waals surface area contributed by atoms with Crippen molar-refractivity contribution in [2.75, 3.05) is 20.1 Å². The van der Waals surface area contributed by atoms with Crippen molar-refractivity contribution in [3.05, 3.63) is 12.7 Å². The first kappa shape index (κ1) is 11.4. The quantitative estimate of drug-likeness (QED) is 0.428. The molecule has 70 valence electrons. The number of hydrogen-bond acceptors (Lipinski definition) is 2. The summed E-state index contributed by atoms with van der Waals surface area (Å²) in [6.45, 7) is 7.73. The zero-order valence-corrected chi connectivity index (χ0v) is 8.18. The summed E-state index contributed by atoms with van der Waals surface area (Å²) in [7, 11) is 2.09. The van der Waals surface area contributed by atoms with Gasteiger partial charge < -0.3 is 4.90 Å². The summed E-state index contributed by atoms with van der Waals surface area (Å²) in [6, 6.07) is 0. The highest BCUT2D eigenvalue weighted by molar-refractivity contribution is 5.88. The predicted octanol–water partition coefficient (Wildman–Crippen LogP) is 1.86. The summed E-state index contributed by atoms with van der Waals surface area (Å²) in [4.78, 5) is 13.0. The van der Waals surface area contributed by atoms with Gasteiger partial charge in [0, 0.05) is 6.42 Å². The van der Waals surface area contributed by atoms with Gasteiger partial charge in [-0.15, -0.1) is 0 Å². The molecule has 0 rings (SSSR count). The molecule has 2 nitrogen and oxygen atoms in total. The van der Waals surface area contributed by atoms with Crippen molar-refractivity contribution < 1.29 is 4.79 Å². The van der Waals surface area contributed by atoms with Gasteiger partial charge in [0.2, 0.25) is 0 Å². The molecule has 0 aliphatic carbocycles. The van der Waals surface area contributed by atoms with Gasteiger partial charge in [-0.25, -0.2) is 0 Å². The van der Waals surface area contributed by atoms with Crippen molar-refractivity contribution >= 4 is 5.78 Å². The fraction of sp³-hybridized carbons (Fsp3) is 0.700. The maximum Gasteiger partial charge on any atom is 0.155 e. The van der Waals surface area contributed by atoms with E-state index in [1.807, 2.05) is 0 Å². The Morgan fingerprint density at radius 3 is 2.67 bits per heavy atom. The highest BCUT2D eigenvalue weighted by atomic mass is 16.1. The van der Waals surface area contributed by atoms with Crippen LogP contribution in [0.4, 0.5) is 0 Å². The molecule has 0 saturated carbocycles. The van der Waals surface area contributed by atoms with Crippen LogP contribution in [0.3, 0.4) is 0 Å². The molecule has 0 amide bonds. The van der Waals surface area contributed by atoms with E-state index in [0.717, 1.165) is 25.9 Å². The third-order valence-corrected chi connectivity index (χ3v) is 1.98. The van der Waals surface area contributed by atoms with E-state index in [1.54, 1.807) is 0 Å². The summed E-state index contributed by atoms with van der Waals surface area (Å²) in [6.07, 6.45) is 4.14. The molecule has 0 spiro atoms. The molecule has 0 aromatic heterocycles. The van der Waals surface area contributed by atoms with Crippen molar-refractivity contribution in [2.45, 2.75) is 26.2 Å². The number of hydrogen-bond donors (Lipinski definition) is 0. The van der Waals surface area contributed by atoms with Crippen LogP contribution in [-0.4, -0.2) is 30.8 Å². The zero-order valence-electron chi connectivity index (χ0n) is 8.18. The SMILES string of the molecule is C=CC(=O)CCCCN(C)CC. The Kier molecular flexibility index (Phi) is 6.67. The Balaban J connectivity index is 3.21. The molecule has 0 saturated heterocycles. The van der Waals surface area contributed by atoms with Gasteiger partial charge in [-0.3, -0.25) is 4.79 Å². The maximum atomic E-state index is 10.8. The van der Waals surface area contributed by atoms with Crippen LogP contribution in [0.2, 0.25) is 0 Å². The van der Waals surface area contributed by atoms with E-state index in [-0.39, 0.29) is 5.78 Å². The lowest BCUT2D eigenvalue weighted by Gasteiger charge is -2.12. The second-order valence-electron chi connectivity index (χ2n) is 3.02. The van der Waals surface area contributed by atoms with E-state index >= 15 is 0 Å². The van der Waals surface area contributed by atoms with Gasteiger partial charge in [0.1, 0.15) is 0 Å². The Morgan fingerprint density at radius 1 is 1.50 bits per heavy atom. The highest BCUT2D eigenvalue weighted by Crippen LogP contribution is 1.98. The first-order chi connectivity index (χ1) is 5.70. The number of rotatable bonds is 7. The molecule has 0 bridgehead atoms. The van der Waals surface area contributed by atoms with Gasteiger partial charge in [0.15, 0.2) is 5.78 Å². The molecule has 0 unspecified atom stereocenters. The topological polar surface area (TPSA) is 20.3 Å². The van der Waals surface area contributed by atoms with Crippen molar-refractivity contribution in [1.82, 2.24) is 4.90 Å². The van der Waals surface area contributed by atoms with Crippen molar-refractivity contribution in [3.63, 3.8) is 0 Å². The number of allylic oxidation sites excluding steroid dienone is 1. The van der Waals surface area contributed by atoms with E-state index in [1.165, 1.54) is 6.08 Å². The van der Waals surface area contributed by atoms with Crippen LogP contribution in [0, 0.1) is 0 Å². The molecule has 0 heterocycles. The monoisotopic (exact) mass is 169 g/mol. The molecule has 0 aliphatic heterocycles. The van der Waals surface area contributed by atoms with Crippen LogP contribution in [0.1, 0.15) is 26.2 Å². The van der Waals surface area contributed by atoms with Crippen LogP contribution < -0.4 is 0 Å². The van der Waals surface area contributed by atoms with Gasteiger partial charge in [-0.1, -0.05) is 13.5 Å². The lowest BCUT2D eigenvalue weighted by Crippen LogP contribution is -2.18. The van der Waals surface area contributed by atoms with Crippen molar-refractivity contribution in [2.24, 2.45) is 0 Å². The van der Waals surface area contributed by atoms with Crippen LogP contribution in [0.15, 0.2) is 12.7 Å². The minimum absolute atomic E-state index is 0.161. The Bertz CT molecular complexity index is 143. The Morgan fingerprint density at radius 2 is 2.17 bits per heavy atom. The van der Waals surface area contributed by atoms with Crippen LogP contribution >= 0.6 is 0 Å². The summed E-state index contributed by atoms with van der Waals surface area (Å²) in [5.74, 6) is 0.161. The van der Waals surface area contributed by atoms with Gasteiger partial charge in [0.05, 0.1) is 0 Å². The molecular weight excluding hydrogens is 150 g/mol. The second kappa shape index (κ2) is 7.04. The average molecular weight is 169 g/mol. The minimum Gasteiger partial charge on any atom is -0.307 e. The minimum atomic E-state index is 0.161. The summed E-state index contributed by atoms with van der Waals surface area (Å²) in [5.41, 5.74) is 0. The number of carbonyl (C=O) groups is 1. The summed E-state index contributed by atoms with van der Waals surface area (Å²) >= 11 is 0. The number of nitrogens with zero attached hydrogens (tertiary/aromatic N) is 1. The lowest BCUT2D eigenvalue weighted by atomic mass is 10.2. The predicted molar refractivity (Wildman–Crippen MR) is 52.2 cm³/mol. The fourth-order valence-electron chi connectivity index (χ4n) is 0.941. The van der Waals surface area contributed by atoms with Gasteiger partial charge in [-0.2, -0.15) is 0 Å². The number of ketones is 1. The summed E-state index contributed by atoms with van der Waals surface area (Å²) < 4.78 is 0. The van der Waals surface area contributed by atoms with Crippen LogP contribution in [0.25, 0.3) is 0 Å². The molecule has 0 N–H and O–H groups in total. The van der Waals surface area contributed by atoms with Crippen LogP contribution in [-0.2, 0) is 4.79 Å². The third kappa shape index (κ3) is 6.10. The molecular formula is C10H19NO. The molecule has 0 aromatic rings. The van der Waals surface area contributed by atoms with E-state index in [2.05, 4.69) is 25.5 Å². The fourth-order valence-corrected chi connectivity index (χ4v) is 0.941. The molecule has 0 aromatic carbocycles. The lowest BCUT2D eigenvalue weighted by molar-refractivity contribution is -0.114. The maximum absolute atomic E-state index is 10.8. The molecule has 0 radical (unpaired) electrons. The smallest absolute Gasteiger partial charge is 0.155 e. The Hall–Kier alpha value is -0.630. The zero-order chi connectivity index (χ0) is 9.40. The molecule has 12 heavy (non-hydrogen) atoms. The Labute approximate surface area is 75.3 Å². The van der Waals surface area contributed by atoms with E-state index in [9.17, 15) is 4.79 Å². The first-order valence-electron chi connectivity index (χ1n) is 4.54. The van der Waals surface area contributed by atoms with Gasteiger partial charge in [0.25, 0.3) is 0 Å². The second-order valence-corrected chi connectivity index (χ2v) is 3.02. The summed E-state index contributed by atoms with van der Waals surface area (Å²) in [5, 5.41) is 0. The first-order valence-corrected chi connectivity index (χ1v) is 4.54. The molecule has 0 aliphatic rings. The standard InChI is InChI=1S/C10H19NO/c1-4-10(12)8-6-7-9-11(3)5-2/h4H,1,5-9H2,2-3H3. The number of carbonyl (C=O) groups excluding carboxylic acids is 1. The average Bonchev–Trinajstić information content (AvgIpc) is 2.11. The van der Waals surface area contributed by atoms with E-state index < -0.39 is 0 Å². The number of unbranched alkanes of at least 4 members (excludes halogenated alkanes) is 1. The van der Waals surface area contributed by atoms with E-state index in [4.69, 9.17) is 0 Å². The van der Waals surface area contributed by atoms with Gasteiger partial charge >= 0.3 is 0 Å². The van der Waals surface area contributed by atoms with E-state index in [0.29, 0.717) is 6.42 Å². The molecule has 0 fully saturated rings. The van der Waals surface area contributed by atoms with Crippen LogP contribution in [0.5, 0.6) is 0 Å². The van der Waals surface area contributed by atoms with Crippen molar-refractivity contribution in [1.29, 1.82) is 0 Å². The van der Waals surface area contributed by atoms with Crippen molar-refractivity contribution in [3.8, 4) is 0 Å². The third-order valence-electron chi connectivity index (χ3n) is 1.98. The molecule has 0 atom stereocenters. The molecule has 2 heteroatoms.